The van der Waals surface area contributed by atoms with Crippen molar-refractivity contribution in [3.05, 3.63) is 23.3 Å². The molecule has 1 fully saturated rings. The predicted octanol–water partition coefficient (Wildman–Crippen LogP) is -0.274. The lowest BCUT2D eigenvalue weighted by Gasteiger charge is -2.29. The summed E-state index contributed by atoms with van der Waals surface area (Å²) < 4.78 is 0. The standard InChI is InChI=1S/C14H19N3O3/c1-3-4-9-8-17(14(20)10(9)7-15-2)11-5-6-12(18)16-13(11)19/h3-4,11,15H,5-8H2,1-2H3,(H,16,18,19)/b4-3-. The third-order valence-electron chi connectivity index (χ3n) is 3.56. The molecule has 6 nitrogen and oxygen atoms in total. The Morgan fingerprint density at radius 1 is 1.40 bits per heavy atom. The Morgan fingerprint density at radius 2 is 2.15 bits per heavy atom. The summed E-state index contributed by atoms with van der Waals surface area (Å²) in [5.74, 6) is -0.767. The number of nitrogens with one attached hydrogen (secondary N) is 2. The Hall–Kier alpha value is -1.95. The minimum Gasteiger partial charge on any atom is -0.322 e. The van der Waals surface area contributed by atoms with Crippen LogP contribution in [-0.2, 0) is 14.4 Å². The second-order valence-electron chi connectivity index (χ2n) is 4.93. The monoisotopic (exact) mass is 277 g/mol. The van der Waals surface area contributed by atoms with E-state index in [4.69, 9.17) is 0 Å². The number of piperidine rings is 1. The number of amides is 3. The summed E-state index contributed by atoms with van der Waals surface area (Å²) in [5.41, 5.74) is 1.62. The molecular weight excluding hydrogens is 258 g/mol. The van der Waals surface area contributed by atoms with Crippen molar-refractivity contribution in [2.24, 2.45) is 0 Å². The molecule has 2 heterocycles. The predicted molar refractivity (Wildman–Crippen MR) is 73.7 cm³/mol. The number of carbonyl (C=O) groups excluding carboxylic acids is 3. The third-order valence-corrected chi connectivity index (χ3v) is 3.56. The van der Waals surface area contributed by atoms with E-state index in [0.717, 1.165) is 5.57 Å². The van der Waals surface area contributed by atoms with E-state index in [9.17, 15) is 14.4 Å². The van der Waals surface area contributed by atoms with E-state index in [1.165, 1.54) is 0 Å². The first-order valence-electron chi connectivity index (χ1n) is 6.72. The van der Waals surface area contributed by atoms with E-state index in [-0.39, 0.29) is 24.1 Å². The minimum atomic E-state index is -0.546. The van der Waals surface area contributed by atoms with Crippen LogP contribution in [0.5, 0.6) is 0 Å². The lowest BCUT2D eigenvalue weighted by Crippen LogP contribution is -2.53. The minimum absolute atomic E-state index is 0.123. The summed E-state index contributed by atoms with van der Waals surface area (Å²) in [4.78, 5) is 37.1. The van der Waals surface area contributed by atoms with E-state index in [0.29, 0.717) is 25.1 Å². The van der Waals surface area contributed by atoms with Crippen LogP contribution in [0.25, 0.3) is 0 Å². The summed E-state index contributed by atoms with van der Waals surface area (Å²) in [7, 11) is 1.78. The highest BCUT2D eigenvalue weighted by atomic mass is 16.2. The molecule has 0 radical (unpaired) electrons. The van der Waals surface area contributed by atoms with Crippen molar-refractivity contribution in [1.29, 1.82) is 0 Å². The van der Waals surface area contributed by atoms with Gasteiger partial charge in [0.1, 0.15) is 6.04 Å². The summed E-state index contributed by atoms with van der Waals surface area (Å²) in [6.45, 7) is 2.79. The molecule has 1 atom stereocenters. The molecule has 1 saturated heterocycles. The Bertz CT molecular complexity index is 508. The molecule has 0 aromatic rings. The SMILES string of the molecule is C/C=C\C1=C(CNC)C(=O)N(C2CCC(=O)NC2=O)C1. The number of hydrogen-bond acceptors (Lipinski definition) is 4. The fourth-order valence-electron chi connectivity index (χ4n) is 2.61. The molecule has 3 amide bonds. The van der Waals surface area contributed by atoms with E-state index < -0.39 is 6.04 Å². The number of carbonyl (C=O) groups is 3. The average molecular weight is 277 g/mol. The zero-order valence-electron chi connectivity index (χ0n) is 11.7. The van der Waals surface area contributed by atoms with Crippen molar-refractivity contribution in [2.75, 3.05) is 20.1 Å². The zero-order valence-corrected chi connectivity index (χ0v) is 11.7. The van der Waals surface area contributed by atoms with Crippen molar-refractivity contribution in [3.63, 3.8) is 0 Å². The van der Waals surface area contributed by atoms with Gasteiger partial charge < -0.3 is 10.2 Å². The summed E-state index contributed by atoms with van der Waals surface area (Å²) >= 11 is 0. The zero-order chi connectivity index (χ0) is 14.7. The second-order valence-corrected chi connectivity index (χ2v) is 4.93. The summed E-state index contributed by atoms with van der Waals surface area (Å²) in [6, 6.07) is -0.546. The average Bonchev–Trinajstić information content (AvgIpc) is 2.69. The van der Waals surface area contributed by atoms with Gasteiger partial charge in [0.15, 0.2) is 0 Å². The van der Waals surface area contributed by atoms with Crippen LogP contribution >= 0.6 is 0 Å². The van der Waals surface area contributed by atoms with Gasteiger partial charge in [-0.3, -0.25) is 19.7 Å². The molecule has 0 saturated carbocycles. The van der Waals surface area contributed by atoms with Gasteiger partial charge in [-0.1, -0.05) is 12.2 Å². The van der Waals surface area contributed by atoms with Gasteiger partial charge in [0.2, 0.25) is 11.8 Å². The second kappa shape index (κ2) is 6.00. The van der Waals surface area contributed by atoms with Gasteiger partial charge in [-0.2, -0.15) is 0 Å². The number of hydrogen-bond donors (Lipinski definition) is 2. The first-order valence-corrected chi connectivity index (χ1v) is 6.72. The van der Waals surface area contributed by atoms with Crippen molar-refractivity contribution >= 4 is 17.7 Å². The maximum atomic E-state index is 12.4. The molecule has 0 aromatic carbocycles. The molecule has 6 heteroatoms. The third kappa shape index (κ3) is 2.65. The molecule has 0 aliphatic carbocycles. The molecular formula is C14H19N3O3. The summed E-state index contributed by atoms with van der Waals surface area (Å²) in [6.07, 6.45) is 4.45. The van der Waals surface area contributed by atoms with E-state index in [2.05, 4.69) is 10.6 Å². The van der Waals surface area contributed by atoms with Gasteiger partial charge in [-0.25, -0.2) is 0 Å². The number of rotatable bonds is 4. The van der Waals surface area contributed by atoms with Gasteiger partial charge in [0, 0.05) is 25.1 Å². The van der Waals surface area contributed by atoms with E-state index in [1.807, 2.05) is 19.1 Å². The smallest absolute Gasteiger partial charge is 0.252 e. The van der Waals surface area contributed by atoms with E-state index >= 15 is 0 Å². The first kappa shape index (κ1) is 14.5. The van der Waals surface area contributed by atoms with Crippen LogP contribution < -0.4 is 10.6 Å². The van der Waals surface area contributed by atoms with Crippen LogP contribution in [0.2, 0.25) is 0 Å². The van der Waals surface area contributed by atoms with Crippen LogP contribution in [0.4, 0.5) is 0 Å². The van der Waals surface area contributed by atoms with Crippen molar-refractivity contribution in [3.8, 4) is 0 Å². The van der Waals surface area contributed by atoms with Crippen molar-refractivity contribution in [1.82, 2.24) is 15.5 Å². The molecule has 20 heavy (non-hydrogen) atoms. The molecule has 2 aliphatic heterocycles. The Kier molecular flexibility index (Phi) is 4.34. The highest BCUT2D eigenvalue weighted by molar-refractivity contribution is 6.05. The maximum Gasteiger partial charge on any atom is 0.252 e. The molecule has 0 aromatic heterocycles. The topological polar surface area (TPSA) is 78.5 Å². The van der Waals surface area contributed by atoms with Crippen LogP contribution in [0.3, 0.4) is 0 Å². The van der Waals surface area contributed by atoms with Gasteiger partial charge in [-0.15, -0.1) is 0 Å². The normalized spacial score (nSPS) is 24.0. The molecule has 2 aliphatic rings. The fraction of sp³-hybridized carbons (Fsp3) is 0.500. The Morgan fingerprint density at radius 3 is 2.75 bits per heavy atom. The van der Waals surface area contributed by atoms with Crippen LogP contribution in [-0.4, -0.2) is 48.8 Å². The largest absolute Gasteiger partial charge is 0.322 e. The number of likely N-dealkylation sites (N-methyl/N-ethyl adjacent to an activating group) is 1. The first-order chi connectivity index (χ1) is 9.58. The van der Waals surface area contributed by atoms with Crippen LogP contribution in [0.1, 0.15) is 19.8 Å². The Balaban J connectivity index is 2.19. The van der Waals surface area contributed by atoms with Crippen LogP contribution in [0, 0.1) is 0 Å². The maximum absolute atomic E-state index is 12.4. The summed E-state index contributed by atoms with van der Waals surface area (Å²) in [5, 5.41) is 5.27. The molecule has 2 N–H and O–H groups in total. The quantitative estimate of drug-likeness (QED) is 0.693. The number of allylic oxidation sites excluding steroid dienone is 1. The van der Waals surface area contributed by atoms with Crippen molar-refractivity contribution < 1.29 is 14.4 Å². The molecule has 1 unspecified atom stereocenters. The fourth-order valence-corrected chi connectivity index (χ4v) is 2.61. The molecule has 2 rings (SSSR count). The van der Waals surface area contributed by atoms with Gasteiger partial charge >= 0.3 is 0 Å². The number of nitrogens with zero attached hydrogens (tertiary/aromatic N) is 1. The van der Waals surface area contributed by atoms with Crippen molar-refractivity contribution in [2.45, 2.75) is 25.8 Å². The molecule has 0 spiro atoms. The van der Waals surface area contributed by atoms with Gasteiger partial charge in [-0.05, 0) is 26.0 Å². The molecule has 108 valence electrons. The van der Waals surface area contributed by atoms with E-state index in [1.54, 1.807) is 11.9 Å². The number of imide groups is 1. The molecule has 0 bridgehead atoms. The van der Waals surface area contributed by atoms with Crippen LogP contribution in [0.15, 0.2) is 23.3 Å². The van der Waals surface area contributed by atoms with Gasteiger partial charge in [0.05, 0.1) is 0 Å². The van der Waals surface area contributed by atoms with Gasteiger partial charge in [0.25, 0.3) is 5.91 Å². The Labute approximate surface area is 117 Å². The highest BCUT2D eigenvalue weighted by Crippen LogP contribution is 2.25. The highest BCUT2D eigenvalue weighted by Gasteiger charge is 2.39. The lowest BCUT2D eigenvalue weighted by molar-refractivity contribution is -0.142. The lowest BCUT2D eigenvalue weighted by atomic mass is 10.0.